The van der Waals surface area contributed by atoms with Crippen LogP contribution in [0.3, 0.4) is 0 Å². The number of unbranched alkanes of at least 4 members (excludes halogenated alkanes) is 8. The molecule has 4 N–H and O–H groups in total. The van der Waals surface area contributed by atoms with Gasteiger partial charge in [0.05, 0.1) is 31.9 Å². The Morgan fingerprint density at radius 1 is 0.737 bits per heavy atom. The van der Waals surface area contributed by atoms with Gasteiger partial charge in [0.25, 0.3) is 0 Å². The molecule has 2 rings (SSSR count). The fraction of sp³-hybridized carbons (Fsp3) is 0.905. The molecular weight excluding hydrogens is 769 g/mol. The van der Waals surface area contributed by atoms with E-state index >= 15 is 0 Å². The fourth-order valence-electron chi connectivity index (χ4n) is 7.35. The van der Waals surface area contributed by atoms with Crippen LogP contribution in [0.4, 0.5) is 0 Å². The zero-order valence-electron chi connectivity index (χ0n) is 35.9. The summed E-state index contributed by atoms with van der Waals surface area (Å²) in [5, 5.41) is 39.4. The second-order valence-corrected chi connectivity index (χ2v) is 17.7. The number of methoxy groups -OCH3 is 1. The van der Waals surface area contributed by atoms with Crippen LogP contribution in [0.5, 0.6) is 0 Å². The number of carbonyl (C=O) groups is 2. The average Bonchev–Trinajstić information content (AvgIpc) is 3.19. The van der Waals surface area contributed by atoms with Gasteiger partial charge in [-0.3, -0.25) is 19.4 Å². The number of aliphatic carboxylic acids is 2. The Morgan fingerprint density at radius 2 is 1.21 bits per heavy atom. The maximum atomic E-state index is 11.7. The molecule has 0 saturated carbocycles. The molecule has 0 spiro atoms. The molecule has 2 heterocycles. The maximum absolute atomic E-state index is 11.7. The molecule has 2 aliphatic rings. The molecule has 13 nitrogen and oxygen atoms in total. The van der Waals surface area contributed by atoms with Gasteiger partial charge >= 0.3 is 11.9 Å². The summed E-state index contributed by atoms with van der Waals surface area (Å²) in [5.74, 6) is 3.10. The minimum atomic E-state index is -0.884. The summed E-state index contributed by atoms with van der Waals surface area (Å²) in [6.07, 6.45) is 16.3. The second kappa shape index (κ2) is 35.6. The highest BCUT2D eigenvalue weighted by atomic mass is 33.1. The Kier molecular flexibility index (Phi) is 33.6. The lowest BCUT2D eigenvalue weighted by Gasteiger charge is -2.42. The van der Waals surface area contributed by atoms with Crippen LogP contribution in [0, 0.1) is 18.3 Å². The van der Waals surface area contributed by atoms with Crippen molar-refractivity contribution in [3.8, 4) is 12.3 Å². The summed E-state index contributed by atoms with van der Waals surface area (Å²) >= 11 is 0. The van der Waals surface area contributed by atoms with Crippen molar-refractivity contribution in [2.75, 3.05) is 110 Å². The standard InChI is InChI=1S/C40H74N4O9S2.C2H6/c1-4-5-14-29-54-55-30-17-23-42-20-16-22-43(31-36(46)47)26-24-41(19-15-21-44(27-25-42)32-37(48)49)18-12-10-8-6-7-9-11-13-28-52-40-38(50)39(51-3)34(2)35(33-45)53-40;1-2/h1,34-35,38-40,45,50H,5-33H2,2-3H3,(H,46,47)(H,48,49);1-2H3. The Morgan fingerprint density at radius 3 is 1.72 bits per heavy atom. The van der Waals surface area contributed by atoms with Crippen LogP contribution in [0.25, 0.3) is 0 Å². The van der Waals surface area contributed by atoms with Gasteiger partial charge in [-0.1, -0.05) is 80.9 Å². The van der Waals surface area contributed by atoms with Gasteiger partial charge in [0, 0.05) is 76.8 Å². The van der Waals surface area contributed by atoms with Crippen molar-refractivity contribution in [1.29, 1.82) is 0 Å². The van der Waals surface area contributed by atoms with Crippen LogP contribution >= 0.6 is 21.6 Å². The molecule has 0 bridgehead atoms. The molecule has 0 aromatic carbocycles. The molecule has 2 saturated heterocycles. The third kappa shape index (κ3) is 25.9. The predicted octanol–water partition coefficient (Wildman–Crippen LogP) is 5.24. The van der Waals surface area contributed by atoms with Gasteiger partial charge in [-0.25, -0.2) is 0 Å². The SMILES string of the molecule is C#CCCCSSCCCN1CCCN(CC(=O)O)CCN(CCCCCCCCCCOC2OC(CO)C(C)C(OC)C2O)CCCN(CC(=O)O)CC1.CC. The van der Waals surface area contributed by atoms with E-state index in [9.17, 15) is 30.0 Å². The van der Waals surface area contributed by atoms with Gasteiger partial charge < -0.3 is 44.4 Å². The Labute approximate surface area is 353 Å². The van der Waals surface area contributed by atoms with E-state index in [1.807, 2.05) is 42.4 Å². The number of ether oxygens (including phenoxy) is 3. The van der Waals surface area contributed by atoms with Crippen LogP contribution in [-0.2, 0) is 23.8 Å². The lowest BCUT2D eigenvalue weighted by atomic mass is 9.91. The van der Waals surface area contributed by atoms with Crippen LogP contribution < -0.4 is 0 Å². The molecule has 0 aromatic rings. The van der Waals surface area contributed by atoms with E-state index in [4.69, 9.17) is 20.6 Å². The van der Waals surface area contributed by atoms with Crippen molar-refractivity contribution in [2.45, 2.75) is 129 Å². The third-order valence-corrected chi connectivity index (χ3v) is 13.1. The van der Waals surface area contributed by atoms with Gasteiger partial charge in [0.2, 0.25) is 0 Å². The van der Waals surface area contributed by atoms with Crippen LogP contribution in [-0.4, -0.2) is 187 Å². The summed E-state index contributed by atoms with van der Waals surface area (Å²) in [4.78, 5) is 32.5. The van der Waals surface area contributed by atoms with Crippen molar-refractivity contribution >= 4 is 33.5 Å². The first-order valence-electron chi connectivity index (χ1n) is 21.8. The zero-order valence-corrected chi connectivity index (χ0v) is 37.5. The van der Waals surface area contributed by atoms with E-state index in [-0.39, 0.29) is 25.6 Å². The Bertz CT molecular complexity index is 1050. The molecule has 2 aliphatic heterocycles. The molecule has 334 valence electrons. The second-order valence-electron chi connectivity index (χ2n) is 15.0. The maximum Gasteiger partial charge on any atom is 0.317 e. The van der Waals surface area contributed by atoms with E-state index in [0.29, 0.717) is 19.7 Å². The first-order chi connectivity index (χ1) is 27.7. The fourth-order valence-corrected chi connectivity index (χ4v) is 9.50. The number of hydrogen-bond acceptors (Lipinski definition) is 13. The van der Waals surface area contributed by atoms with E-state index in [1.165, 1.54) is 12.8 Å². The van der Waals surface area contributed by atoms with Gasteiger partial charge in [0.1, 0.15) is 6.10 Å². The van der Waals surface area contributed by atoms with Gasteiger partial charge in [0.15, 0.2) is 6.29 Å². The summed E-state index contributed by atoms with van der Waals surface area (Å²) in [6.45, 7) is 14.5. The molecule has 0 aliphatic carbocycles. The monoisotopic (exact) mass is 849 g/mol. The van der Waals surface area contributed by atoms with Crippen molar-refractivity contribution < 1.29 is 44.2 Å². The smallest absolute Gasteiger partial charge is 0.317 e. The Hall–Kier alpha value is -1.16. The molecule has 0 amide bonds. The van der Waals surface area contributed by atoms with Crippen molar-refractivity contribution in [3.63, 3.8) is 0 Å². The van der Waals surface area contributed by atoms with E-state index in [2.05, 4.69) is 25.5 Å². The highest BCUT2D eigenvalue weighted by Gasteiger charge is 2.43. The number of rotatable bonds is 26. The van der Waals surface area contributed by atoms with Crippen LogP contribution in [0.2, 0.25) is 0 Å². The molecule has 5 atom stereocenters. The lowest BCUT2D eigenvalue weighted by Crippen LogP contribution is -2.56. The number of aliphatic hydroxyl groups is 2. The average molecular weight is 849 g/mol. The minimum Gasteiger partial charge on any atom is -0.480 e. The largest absolute Gasteiger partial charge is 0.480 e. The highest BCUT2D eigenvalue weighted by Crippen LogP contribution is 2.28. The van der Waals surface area contributed by atoms with Gasteiger partial charge in [-0.2, -0.15) is 0 Å². The number of carboxylic acid groups (broad SMARTS) is 2. The van der Waals surface area contributed by atoms with E-state index in [1.54, 1.807) is 7.11 Å². The number of terminal acetylenes is 1. The molecular formula is C42H80N4O9S2. The third-order valence-electron chi connectivity index (χ3n) is 10.5. The van der Waals surface area contributed by atoms with Crippen molar-refractivity contribution in [3.05, 3.63) is 0 Å². The van der Waals surface area contributed by atoms with E-state index < -0.39 is 36.5 Å². The molecule has 57 heavy (non-hydrogen) atoms. The summed E-state index contributed by atoms with van der Waals surface area (Å²) in [7, 11) is 5.32. The summed E-state index contributed by atoms with van der Waals surface area (Å²) < 4.78 is 17.0. The van der Waals surface area contributed by atoms with Crippen LogP contribution in [0.1, 0.15) is 104 Å². The number of nitrogens with zero attached hydrogens (tertiary/aromatic N) is 4. The molecule has 0 aromatic heterocycles. The van der Waals surface area contributed by atoms with Crippen molar-refractivity contribution in [2.24, 2.45) is 5.92 Å². The number of carboxylic acids is 2. The molecule has 5 unspecified atom stereocenters. The normalized spacial score (nSPS) is 23.9. The quantitative estimate of drug-likeness (QED) is 0.0510. The molecule has 2 fully saturated rings. The summed E-state index contributed by atoms with van der Waals surface area (Å²) in [6, 6.07) is 0. The summed E-state index contributed by atoms with van der Waals surface area (Å²) in [5.41, 5.74) is 0. The van der Waals surface area contributed by atoms with Gasteiger partial charge in [-0.05, 0) is 64.7 Å². The predicted molar refractivity (Wildman–Crippen MR) is 234 cm³/mol. The minimum absolute atomic E-state index is 0.0495. The molecule has 15 heteroatoms. The lowest BCUT2D eigenvalue weighted by molar-refractivity contribution is -0.291. The number of hydrogen-bond donors (Lipinski definition) is 4. The topological polar surface area (TPSA) is 156 Å². The van der Waals surface area contributed by atoms with Crippen molar-refractivity contribution in [1.82, 2.24) is 19.6 Å². The van der Waals surface area contributed by atoms with Gasteiger partial charge in [-0.15, -0.1) is 12.3 Å². The molecule has 0 radical (unpaired) electrons. The van der Waals surface area contributed by atoms with Crippen LogP contribution in [0.15, 0.2) is 0 Å². The Balaban J connectivity index is 0.00000799. The first-order valence-corrected chi connectivity index (χ1v) is 24.3. The first kappa shape index (κ1) is 53.9. The zero-order chi connectivity index (χ0) is 42.1. The van der Waals surface area contributed by atoms with E-state index in [0.717, 1.165) is 134 Å². The number of aliphatic hydroxyl groups excluding tert-OH is 2. The highest BCUT2D eigenvalue weighted by molar-refractivity contribution is 8.76.